The molecule has 1 fully saturated rings. The van der Waals surface area contributed by atoms with Gasteiger partial charge in [0.2, 0.25) is 0 Å². The molecule has 0 aromatic carbocycles. The lowest BCUT2D eigenvalue weighted by Gasteiger charge is -2.41. The minimum absolute atomic E-state index is 0.429. The fourth-order valence-electron chi connectivity index (χ4n) is 4.56. The van der Waals surface area contributed by atoms with Crippen LogP contribution in [0.5, 0.6) is 0 Å². The predicted octanol–water partition coefficient (Wildman–Crippen LogP) is 4.02. The summed E-state index contributed by atoms with van der Waals surface area (Å²) < 4.78 is 38.9. The summed E-state index contributed by atoms with van der Waals surface area (Å²) in [6, 6.07) is 1.56. The van der Waals surface area contributed by atoms with Crippen LogP contribution in [0, 0.1) is 13.8 Å². The molecule has 2 aromatic heterocycles. The first kappa shape index (κ1) is 20.1. The van der Waals surface area contributed by atoms with E-state index < -0.39 is 11.7 Å². The van der Waals surface area contributed by atoms with Gasteiger partial charge in [0.15, 0.2) is 5.82 Å². The van der Waals surface area contributed by atoms with Gasteiger partial charge in [0.1, 0.15) is 5.69 Å². The SMILES string of the molecule is Cc1cc(C(F)(F)F)cnc1-c1nnc2c(c1C)CCCN2C1CCCN(C)C1. The fourth-order valence-corrected chi connectivity index (χ4v) is 4.56. The number of likely N-dealkylation sites (N-methyl/N-ethyl adjacent to an activating group) is 1. The lowest BCUT2D eigenvalue weighted by Crippen LogP contribution is -2.49. The van der Waals surface area contributed by atoms with Crippen LogP contribution < -0.4 is 4.90 Å². The number of alkyl halides is 3. The standard InChI is InChI=1S/C21H26F3N5/c1-13-10-15(21(22,23)24)11-25-18(13)19-14(2)17-7-5-9-29(20(17)27-26-19)16-6-4-8-28(3)12-16/h10-11,16H,4-9,12H2,1-3H3. The predicted molar refractivity (Wildman–Crippen MR) is 106 cm³/mol. The molecule has 2 aliphatic heterocycles. The van der Waals surface area contributed by atoms with E-state index in [1.165, 1.54) is 6.42 Å². The number of aryl methyl sites for hydroxylation is 1. The van der Waals surface area contributed by atoms with Crippen LogP contribution >= 0.6 is 0 Å². The van der Waals surface area contributed by atoms with Gasteiger partial charge in [-0.3, -0.25) is 4.98 Å². The molecule has 156 valence electrons. The number of hydrogen-bond acceptors (Lipinski definition) is 5. The van der Waals surface area contributed by atoms with Gasteiger partial charge in [-0.1, -0.05) is 0 Å². The molecule has 4 rings (SSSR count). The molecular formula is C21H26F3N5. The van der Waals surface area contributed by atoms with Crippen LogP contribution in [0.3, 0.4) is 0 Å². The van der Waals surface area contributed by atoms with E-state index in [0.29, 0.717) is 23.0 Å². The first-order valence-electron chi connectivity index (χ1n) is 10.1. The second kappa shape index (κ2) is 7.55. The number of likely N-dealkylation sites (tertiary alicyclic amines) is 1. The Morgan fingerprint density at radius 1 is 1.07 bits per heavy atom. The molecule has 0 aliphatic carbocycles. The van der Waals surface area contributed by atoms with Crippen LogP contribution in [0.25, 0.3) is 11.4 Å². The third kappa shape index (κ3) is 3.82. The molecule has 0 radical (unpaired) electrons. The maximum absolute atomic E-state index is 13.0. The molecule has 1 unspecified atom stereocenters. The Hall–Kier alpha value is -2.22. The van der Waals surface area contributed by atoms with E-state index >= 15 is 0 Å². The number of fused-ring (bicyclic) bond motifs is 1. The van der Waals surface area contributed by atoms with Crippen molar-refractivity contribution in [3.8, 4) is 11.4 Å². The van der Waals surface area contributed by atoms with Crippen molar-refractivity contribution < 1.29 is 13.2 Å². The molecule has 0 saturated carbocycles. The Balaban J connectivity index is 1.70. The Bertz CT molecular complexity index is 912. The first-order valence-corrected chi connectivity index (χ1v) is 10.1. The highest BCUT2D eigenvalue weighted by atomic mass is 19.4. The molecule has 1 atom stereocenters. The molecule has 2 aromatic rings. The maximum Gasteiger partial charge on any atom is 0.417 e. The van der Waals surface area contributed by atoms with E-state index in [1.54, 1.807) is 6.92 Å². The summed E-state index contributed by atoms with van der Waals surface area (Å²) in [5, 5.41) is 8.98. The first-order chi connectivity index (χ1) is 13.8. The van der Waals surface area contributed by atoms with E-state index in [-0.39, 0.29) is 0 Å². The van der Waals surface area contributed by atoms with Crippen molar-refractivity contribution in [2.24, 2.45) is 0 Å². The third-order valence-electron chi connectivity index (χ3n) is 6.09. The number of halogens is 3. The van der Waals surface area contributed by atoms with Crippen molar-refractivity contribution in [2.75, 3.05) is 31.6 Å². The topological polar surface area (TPSA) is 45.2 Å². The summed E-state index contributed by atoms with van der Waals surface area (Å²) in [5.74, 6) is 0.933. The zero-order valence-electron chi connectivity index (χ0n) is 17.1. The monoisotopic (exact) mass is 405 g/mol. The van der Waals surface area contributed by atoms with Gasteiger partial charge in [0.05, 0.1) is 11.3 Å². The van der Waals surface area contributed by atoms with E-state index in [9.17, 15) is 13.2 Å². The average Bonchev–Trinajstić information content (AvgIpc) is 2.68. The van der Waals surface area contributed by atoms with Gasteiger partial charge >= 0.3 is 6.18 Å². The van der Waals surface area contributed by atoms with Gasteiger partial charge in [0, 0.05) is 30.9 Å². The number of nitrogens with zero attached hydrogens (tertiary/aromatic N) is 5. The molecule has 4 heterocycles. The minimum Gasteiger partial charge on any atom is -0.351 e. The minimum atomic E-state index is -4.40. The molecule has 8 heteroatoms. The van der Waals surface area contributed by atoms with Gasteiger partial charge in [-0.05, 0) is 70.3 Å². The number of aromatic nitrogens is 3. The van der Waals surface area contributed by atoms with Crippen molar-refractivity contribution in [1.82, 2.24) is 20.1 Å². The molecule has 1 saturated heterocycles. The smallest absolute Gasteiger partial charge is 0.351 e. The highest BCUT2D eigenvalue weighted by Crippen LogP contribution is 2.36. The Morgan fingerprint density at radius 3 is 2.55 bits per heavy atom. The largest absolute Gasteiger partial charge is 0.417 e. The summed E-state index contributed by atoms with van der Waals surface area (Å²) in [4.78, 5) is 8.83. The van der Waals surface area contributed by atoms with Gasteiger partial charge in [-0.15, -0.1) is 10.2 Å². The quantitative estimate of drug-likeness (QED) is 0.755. The zero-order valence-corrected chi connectivity index (χ0v) is 17.1. The molecular weight excluding hydrogens is 379 g/mol. The van der Waals surface area contributed by atoms with Crippen LogP contribution in [0.4, 0.5) is 19.0 Å². The van der Waals surface area contributed by atoms with Gasteiger partial charge in [-0.25, -0.2) is 0 Å². The molecule has 29 heavy (non-hydrogen) atoms. The second-order valence-corrected chi connectivity index (χ2v) is 8.22. The molecule has 0 spiro atoms. The van der Waals surface area contributed by atoms with Crippen LogP contribution in [0.15, 0.2) is 12.3 Å². The summed E-state index contributed by atoms with van der Waals surface area (Å²) in [6.07, 6.45) is 0.743. The van der Waals surface area contributed by atoms with Crippen LogP contribution in [0.1, 0.15) is 41.5 Å². The van der Waals surface area contributed by atoms with E-state index in [1.807, 2.05) is 6.92 Å². The van der Waals surface area contributed by atoms with Crippen molar-refractivity contribution >= 4 is 5.82 Å². The molecule has 0 amide bonds. The van der Waals surface area contributed by atoms with Crippen molar-refractivity contribution in [2.45, 2.75) is 51.7 Å². The van der Waals surface area contributed by atoms with Gasteiger partial charge in [0.25, 0.3) is 0 Å². The number of rotatable bonds is 2. The lowest BCUT2D eigenvalue weighted by molar-refractivity contribution is -0.137. The Labute approximate surface area is 168 Å². The number of pyridine rings is 1. The van der Waals surface area contributed by atoms with Gasteiger partial charge in [-0.2, -0.15) is 13.2 Å². The maximum atomic E-state index is 13.0. The van der Waals surface area contributed by atoms with Gasteiger partial charge < -0.3 is 9.80 Å². The Morgan fingerprint density at radius 2 is 1.86 bits per heavy atom. The Kier molecular flexibility index (Phi) is 5.23. The third-order valence-corrected chi connectivity index (χ3v) is 6.09. The number of piperidine rings is 1. The highest BCUT2D eigenvalue weighted by Gasteiger charge is 2.33. The summed E-state index contributed by atoms with van der Waals surface area (Å²) >= 11 is 0. The molecule has 0 N–H and O–H groups in total. The van der Waals surface area contributed by atoms with Crippen LogP contribution in [-0.2, 0) is 12.6 Å². The van der Waals surface area contributed by atoms with E-state index in [2.05, 4.69) is 32.0 Å². The second-order valence-electron chi connectivity index (χ2n) is 8.22. The van der Waals surface area contributed by atoms with Crippen LogP contribution in [0.2, 0.25) is 0 Å². The van der Waals surface area contributed by atoms with Crippen molar-refractivity contribution in [3.05, 3.63) is 34.5 Å². The molecule has 0 bridgehead atoms. The summed E-state index contributed by atoms with van der Waals surface area (Å²) in [5.41, 5.74) is 2.89. The zero-order chi connectivity index (χ0) is 20.8. The van der Waals surface area contributed by atoms with Crippen molar-refractivity contribution in [3.63, 3.8) is 0 Å². The number of anilines is 1. The molecule has 5 nitrogen and oxygen atoms in total. The lowest BCUT2D eigenvalue weighted by atomic mass is 9.95. The molecule has 2 aliphatic rings. The van der Waals surface area contributed by atoms with E-state index in [0.717, 1.165) is 68.1 Å². The normalized spacial score (nSPS) is 20.6. The van der Waals surface area contributed by atoms with Crippen molar-refractivity contribution in [1.29, 1.82) is 0 Å². The summed E-state index contributed by atoms with van der Waals surface area (Å²) in [6.45, 7) is 6.73. The summed E-state index contributed by atoms with van der Waals surface area (Å²) in [7, 11) is 2.15. The number of hydrogen-bond donors (Lipinski definition) is 0. The van der Waals surface area contributed by atoms with E-state index in [4.69, 9.17) is 0 Å². The van der Waals surface area contributed by atoms with Crippen LogP contribution in [-0.4, -0.2) is 52.8 Å². The fraction of sp³-hybridized carbons (Fsp3) is 0.571. The average molecular weight is 405 g/mol. The highest BCUT2D eigenvalue weighted by molar-refractivity contribution is 5.67.